The fraction of sp³-hybridized carbons (Fsp3) is 0.462. The molecule has 0 fully saturated rings. The van der Waals surface area contributed by atoms with Gasteiger partial charge in [0.25, 0.3) is 5.91 Å². The minimum Gasteiger partial charge on any atom is -0.351 e. The Balaban J connectivity index is 1.83. The largest absolute Gasteiger partial charge is 0.435 e. The van der Waals surface area contributed by atoms with E-state index in [2.05, 4.69) is 15.5 Å². The standard InChI is InChI=1S/C13H16F3N5O/c1-9-8-11(13(14,15)16)19-21(9)7-3-5-17-12(22)10-4-6-18-20(10)2/h4,6,8H,3,5,7H2,1-2H3,(H,17,22). The van der Waals surface area contributed by atoms with Crippen LogP contribution in [0.15, 0.2) is 18.3 Å². The van der Waals surface area contributed by atoms with Gasteiger partial charge in [-0.1, -0.05) is 0 Å². The molecule has 0 radical (unpaired) electrons. The number of hydrogen-bond acceptors (Lipinski definition) is 3. The van der Waals surface area contributed by atoms with Gasteiger partial charge in [0.1, 0.15) is 5.69 Å². The SMILES string of the molecule is Cc1cc(C(F)(F)F)nn1CCCNC(=O)c1ccnn1C. The highest BCUT2D eigenvalue weighted by Gasteiger charge is 2.34. The van der Waals surface area contributed by atoms with Crippen molar-refractivity contribution in [2.45, 2.75) is 26.1 Å². The summed E-state index contributed by atoms with van der Waals surface area (Å²) in [5, 5.41) is 10.1. The van der Waals surface area contributed by atoms with Gasteiger partial charge in [-0.05, 0) is 25.5 Å². The Morgan fingerprint density at radius 3 is 2.68 bits per heavy atom. The third-order valence-corrected chi connectivity index (χ3v) is 3.16. The van der Waals surface area contributed by atoms with Crippen LogP contribution in [0.25, 0.3) is 0 Å². The van der Waals surface area contributed by atoms with Gasteiger partial charge in [-0.2, -0.15) is 23.4 Å². The summed E-state index contributed by atoms with van der Waals surface area (Å²) >= 11 is 0. The molecule has 6 nitrogen and oxygen atoms in total. The predicted octanol–water partition coefficient (Wildman–Crippen LogP) is 1.76. The average Bonchev–Trinajstić information content (AvgIpc) is 3.00. The number of hydrogen-bond donors (Lipinski definition) is 1. The number of halogens is 3. The predicted molar refractivity (Wildman–Crippen MR) is 72.1 cm³/mol. The summed E-state index contributed by atoms with van der Waals surface area (Å²) in [7, 11) is 1.65. The molecule has 0 saturated carbocycles. The highest BCUT2D eigenvalue weighted by molar-refractivity contribution is 5.92. The van der Waals surface area contributed by atoms with Crippen LogP contribution in [0.1, 0.15) is 28.3 Å². The van der Waals surface area contributed by atoms with E-state index in [4.69, 9.17) is 0 Å². The van der Waals surface area contributed by atoms with E-state index < -0.39 is 11.9 Å². The molecule has 22 heavy (non-hydrogen) atoms. The lowest BCUT2D eigenvalue weighted by Gasteiger charge is -2.07. The summed E-state index contributed by atoms with van der Waals surface area (Å²) in [4.78, 5) is 11.8. The van der Waals surface area contributed by atoms with Crippen molar-refractivity contribution in [1.82, 2.24) is 24.9 Å². The van der Waals surface area contributed by atoms with Gasteiger partial charge in [-0.3, -0.25) is 14.2 Å². The van der Waals surface area contributed by atoms with Crippen molar-refractivity contribution < 1.29 is 18.0 Å². The maximum atomic E-state index is 12.5. The van der Waals surface area contributed by atoms with Crippen LogP contribution >= 0.6 is 0 Å². The van der Waals surface area contributed by atoms with Crippen LogP contribution in [0.4, 0.5) is 13.2 Å². The van der Waals surface area contributed by atoms with Crippen LogP contribution < -0.4 is 5.32 Å². The number of carbonyl (C=O) groups is 1. The number of carbonyl (C=O) groups excluding carboxylic acids is 1. The van der Waals surface area contributed by atoms with E-state index in [-0.39, 0.29) is 5.91 Å². The van der Waals surface area contributed by atoms with Crippen LogP contribution in [0.3, 0.4) is 0 Å². The van der Waals surface area contributed by atoms with Gasteiger partial charge >= 0.3 is 6.18 Å². The number of aryl methyl sites for hydroxylation is 3. The highest BCUT2D eigenvalue weighted by Crippen LogP contribution is 2.28. The Morgan fingerprint density at radius 1 is 1.41 bits per heavy atom. The lowest BCUT2D eigenvalue weighted by molar-refractivity contribution is -0.141. The Labute approximate surface area is 124 Å². The van der Waals surface area contributed by atoms with Gasteiger partial charge in [0.05, 0.1) is 0 Å². The molecule has 120 valence electrons. The maximum absolute atomic E-state index is 12.5. The fourth-order valence-electron chi connectivity index (χ4n) is 1.99. The van der Waals surface area contributed by atoms with Gasteiger partial charge in [-0.15, -0.1) is 0 Å². The molecule has 0 aliphatic heterocycles. The normalized spacial score (nSPS) is 11.7. The van der Waals surface area contributed by atoms with Crippen LogP contribution in [-0.2, 0) is 19.8 Å². The third-order valence-electron chi connectivity index (χ3n) is 3.16. The second kappa shape index (κ2) is 6.20. The van der Waals surface area contributed by atoms with Crippen molar-refractivity contribution in [2.24, 2.45) is 7.05 Å². The van der Waals surface area contributed by atoms with E-state index in [1.807, 2.05) is 0 Å². The second-order valence-electron chi connectivity index (χ2n) is 4.84. The molecule has 0 aromatic carbocycles. The number of amides is 1. The molecule has 0 aliphatic rings. The summed E-state index contributed by atoms with van der Waals surface area (Å²) in [6, 6.07) is 2.59. The molecule has 0 spiro atoms. The monoisotopic (exact) mass is 315 g/mol. The molecule has 1 N–H and O–H groups in total. The van der Waals surface area contributed by atoms with Crippen molar-refractivity contribution in [3.05, 3.63) is 35.4 Å². The number of nitrogens with one attached hydrogen (secondary N) is 1. The third kappa shape index (κ3) is 3.66. The molecule has 2 rings (SSSR count). The zero-order valence-electron chi connectivity index (χ0n) is 12.2. The van der Waals surface area contributed by atoms with Crippen molar-refractivity contribution in [2.75, 3.05) is 6.54 Å². The van der Waals surface area contributed by atoms with Crippen LogP contribution in [0.2, 0.25) is 0 Å². The van der Waals surface area contributed by atoms with Crippen molar-refractivity contribution in [1.29, 1.82) is 0 Å². The van der Waals surface area contributed by atoms with Gasteiger partial charge in [0.15, 0.2) is 5.69 Å². The zero-order chi connectivity index (χ0) is 16.3. The molecule has 0 bridgehead atoms. The first-order valence-corrected chi connectivity index (χ1v) is 6.67. The maximum Gasteiger partial charge on any atom is 0.435 e. The van der Waals surface area contributed by atoms with Gasteiger partial charge in [0, 0.05) is 32.0 Å². The topological polar surface area (TPSA) is 64.7 Å². The molecular weight excluding hydrogens is 299 g/mol. The first-order valence-electron chi connectivity index (χ1n) is 6.67. The van der Waals surface area contributed by atoms with E-state index in [1.165, 1.54) is 15.6 Å². The molecule has 2 aromatic rings. The summed E-state index contributed by atoms with van der Waals surface area (Å²) in [5.41, 5.74) is -0.0381. The average molecular weight is 315 g/mol. The minimum absolute atomic E-state index is 0.270. The Morgan fingerprint density at radius 2 is 2.14 bits per heavy atom. The van der Waals surface area contributed by atoms with Crippen molar-refractivity contribution in [3.63, 3.8) is 0 Å². The van der Waals surface area contributed by atoms with Crippen LogP contribution in [0.5, 0.6) is 0 Å². The zero-order valence-corrected chi connectivity index (χ0v) is 12.2. The number of nitrogens with zero attached hydrogens (tertiary/aromatic N) is 4. The van der Waals surface area contributed by atoms with E-state index >= 15 is 0 Å². The summed E-state index contributed by atoms with van der Waals surface area (Å²) in [6.07, 6.45) is -2.45. The van der Waals surface area contributed by atoms with E-state index in [0.29, 0.717) is 30.9 Å². The van der Waals surface area contributed by atoms with E-state index in [0.717, 1.165) is 6.07 Å². The van der Waals surface area contributed by atoms with Gasteiger partial charge in [-0.25, -0.2) is 0 Å². The van der Waals surface area contributed by atoms with Crippen molar-refractivity contribution >= 4 is 5.91 Å². The van der Waals surface area contributed by atoms with Crippen LogP contribution in [-0.4, -0.2) is 32.0 Å². The highest BCUT2D eigenvalue weighted by atomic mass is 19.4. The molecule has 0 atom stereocenters. The first-order chi connectivity index (χ1) is 10.3. The fourth-order valence-corrected chi connectivity index (χ4v) is 1.99. The number of aromatic nitrogens is 4. The minimum atomic E-state index is -4.44. The van der Waals surface area contributed by atoms with Gasteiger partial charge < -0.3 is 5.32 Å². The lowest BCUT2D eigenvalue weighted by Crippen LogP contribution is -2.27. The number of rotatable bonds is 5. The lowest BCUT2D eigenvalue weighted by atomic mass is 10.3. The quantitative estimate of drug-likeness (QED) is 0.855. The number of alkyl halides is 3. The van der Waals surface area contributed by atoms with E-state index in [9.17, 15) is 18.0 Å². The van der Waals surface area contributed by atoms with Crippen molar-refractivity contribution in [3.8, 4) is 0 Å². The molecule has 2 heterocycles. The summed E-state index contributed by atoms with van der Waals surface area (Å²) < 4.78 is 40.3. The Hall–Kier alpha value is -2.32. The molecule has 0 saturated heterocycles. The molecule has 1 amide bonds. The van der Waals surface area contributed by atoms with Crippen LogP contribution in [0, 0.1) is 6.92 Å². The summed E-state index contributed by atoms with van der Waals surface area (Å²) in [6.45, 7) is 2.20. The molecule has 0 unspecified atom stereocenters. The molecule has 2 aromatic heterocycles. The first kappa shape index (κ1) is 16.1. The Bertz CT molecular complexity index is 659. The van der Waals surface area contributed by atoms with Gasteiger partial charge in [0.2, 0.25) is 0 Å². The summed E-state index contributed by atoms with van der Waals surface area (Å²) in [5.74, 6) is -0.270. The Kier molecular flexibility index (Phi) is 4.53. The molecule has 9 heteroatoms. The molecule has 0 aliphatic carbocycles. The van der Waals surface area contributed by atoms with E-state index in [1.54, 1.807) is 20.0 Å². The smallest absolute Gasteiger partial charge is 0.351 e. The molecular formula is C13H16F3N5O. The second-order valence-corrected chi connectivity index (χ2v) is 4.84.